The molecule has 0 spiro atoms. The van der Waals surface area contributed by atoms with Gasteiger partial charge in [-0.25, -0.2) is 0 Å². The Labute approximate surface area is 294 Å². The first-order chi connectivity index (χ1) is 21.2. The van der Waals surface area contributed by atoms with Crippen LogP contribution in [0.4, 0.5) is 0 Å². The van der Waals surface area contributed by atoms with E-state index < -0.39 is 0 Å². The number of hydrogen-bond donors (Lipinski definition) is 4. The Morgan fingerprint density at radius 2 is 0.932 bits per heavy atom. The minimum absolute atomic E-state index is 0.0267. The molecule has 0 saturated heterocycles. The minimum atomic E-state index is 0.0267. The second-order valence-electron chi connectivity index (χ2n) is 10.3. The zero-order valence-electron chi connectivity index (χ0n) is 27.5. The van der Waals surface area contributed by atoms with E-state index in [1.54, 1.807) is 0 Å². The number of hydrogen-bond acceptors (Lipinski definition) is 7. The van der Waals surface area contributed by atoms with E-state index in [9.17, 15) is 19.2 Å². The fourth-order valence-corrected chi connectivity index (χ4v) is 6.60. The molecule has 0 aromatic rings. The van der Waals surface area contributed by atoms with Crippen molar-refractivity contribution in [2.45, 2.75) is 70.8 Å². The van der Waals surface area contributed by atoms with Crippen molar-refractivity contribution in [2.24, 2.45) is 0 Å². The maximum absolute atomic E-state index is 12.4. The third kappa shape index (κ3) is 28.1. The van der Waals surface area contributed by atoms with Crippen molar-refractivity contribution in [1.82, 2.24) is 36.0 Å². The molecule has 4 amide bonds. The van der Waals surface area contributed by atoms with Gasteiger partial charge in [0.25, 0.3) is 0 Å². The van der Waals surface area contributed by atoms with Gasteiger partial charge < -0.3 is 0 Å². The average Bonchev–Trinajstić information content (AvgIpc) is 3.01. The van der Waals surface area contributed by atoms with E-state index in [1.807, 2.05) is 0 Å². The molecule has 0 aromatic carbocycles. The number of carbonyl (C=O) groups excluding carboxylic acids is 4. The van der Waals surface area contributed by atoms with Gasteiger partial charge in [0.2, 0.25) is 0 Å². The molecule has 44 heavy (non-hydrogen) atoms. The molecule has 15 heteroatoms. The van der Waals surface area contributed by atoms with Gasteiger partial charge in [-0.2, -0.15) is 0 Å². The summed E-state index contributed by atoms with van der Waals surface area (Å²) in [5, 5.41) is 17.0. The van der Waals surface area contributed by atoms with Gasteiger partial charge in [0.15, 0.2) is 0 Å². The van der Waals surface area contributed by atoms with Crippen molar-refractivity contribution >= 4 is 84.5 Å². The van der Waals surface area contributed by atoms with Gasteiger partial charge in [0.1, 0.15) is 0 Å². The number of carbonyl (C=O) groups is 4. The predicted molar refractivity (Wildman–Crippen MR) is 185 cm³/mol. The maximum atomic E-state index is 12.4. The third-order valence-electron chi connectivity index (χ3n) is 6.67. The normalized spacial score (nSPS) is 11.3. The van der Waals surface area contributed by atoms with E-state index >= 15 is 0 Å². The molecule has 0 aliphatic carbocycles. The van der Waals surface area contributed by atoms with Crippen molar-refractivity contribution in [3.8, 4) is 0 Å². The zero-order valence-corrected chi connectivity index (χ0v) is 34.3. The number of likely N-dealkylation sites (N-methyl/N-ethyl adjacent to an activating group) is 1. The molecular weight excluding hydrogens is 826 g/mol. The summed E-state index contributed by atoms with van der Waals surface area (Å²) in [6.45, 7) is 10.6. The summed E-state index contributed by atoms with van der Waals surface area (Å²) in [7, 11) is 2.07. The predicted octanol–water partition coefficient (Wildman–Crippen LogP) is 0.0361. The molecule has 0 saturated carbocycles. The van der Waals surface area contributed by atoms with Crippen molar-refractivity contribution in [1.29, 1.82) is 0 Å². The summed E-state index contributed by atoms with van der Waals surface area (Å²) in [5.41, 5.74) is 0. The Bertz CT molecular complexity index is 771. The Balaban J connectivity index is 4.93. The van der Waals surface area contributed by atoms with Gasteiger partial charge in [-0.3, -0.25) is 0 Å². The Morgan fingerprint density at radius 1 is 0.568 bits per heavy atom. The molecule has 0 aromatic heterocycles. The van der Waals surface area contributed by atoms with Crippen LogP contribution in [0, 0.1) is 0 Å². The first-order valence-electron chi connectivity index (χ1n) is 15.6. The molecule has 0 heterocycles. The quantitative estimate of drug-likeness (QED) is 0.0594. The number of rotatable bonds is 30. The molecule has 0 bridgehead atoms. The molecule has 0 rings (SSSR count). The van der Waals surface area contributed by atoms with Gasteiger partial charge in [-0.05, 0) is 0 Å². The van der Waals surface area contributed by atoms with Crippen LogP contribution in [-0.2, 0) is 19.2 Å². The Morgan fingerprint density at radius 3 is 1.27 bits per heavy atom. The molecule has 0 aliphatic rings. The summed E-state index contributed by atoms with van der Waals surface area (Å²) in [6, 6.07) is 0. The molecule has 257 valence electrons. The van der Waals surface area contributed by atoms with Gasteiger partial charge in [0, 0.05) is 0 Å². The fraction of sp³-hybridized carbons (Fsp3) is 0.862. The molecule has 0 fully saturated rings. The summed E-state index contributed by atoms with van der Waals surface area (Å²) < 4.78 is 0. The summed E-state index contributed by atoms with van der Waals surface area (Å²) in [4.78, 5) is 55.9. The van der Waals surface area contributed by atoms with E-state index in [2.05, 4.69) is 77.6 Å². The van der Waals surface area contributed by atoms with Gasteiger partial charge in [0.05, 0.1) is 0 Å². The topological polar surface area (TPSA) is 126 Å². The standard InChI is InChI=1S/C29H58N7O4Se4/c1-5-44-25-13-33-29(40)9-17-36(16-8-28(39)32-12-24-43-4)21-19-34(2)18-20-35(14-6-26(37)30-10-22-41)15-7-27(38)31-11-23-42-3/h5-25H2,1-4H3,(H,30,37)(H,31,38)(H,32,39)(H,33,40). The molecule has 11 nitrogen and oxygen atoms in total. The second kappa shape index (κ2) is 31.4. The van der Waals surface area contributed by atoms with Crippen LogP contribution < -0.4 is 21.3 Å². The SMILES string of the molecule is CC[Se]CCNC(=O)CCN(CCC(=O)NCC[Se]C)CCN(C)CCN(CCC(=O)NCC[Se])CCC(=O)NCC[Se]C. The van der Waals surface area contributed by atoms with Crippen LogP contribution in [-0.4, -0.2) is 185 Å². The van der Waals surface area contributed by atoms with E-state index in [-0.39, 0.29) is 23.6 Å². The zero-order chi connectivity index (χ0) is 32.8. The number of nitrogens with zero attached hydrogens (tertiary/aromatic N) is 3. The molecule has 0 aliphatic heterocycles. The van der Waals surface area contributed by atoms with E-state index in [0.29, 0.717) is 103 Å². The summed E-state index contributed by atoms with van der Waals surface area (Å²) in [6.07, 6.45) is 1.67. The van der Waals surface area contributed by atoms with E-state index in [1.165, 1.54) is 5.32 Å². The molecule has 1 radical (unpaired) electrons. The van der Waals surface area contributed by atoms with Crippen LogP contribution in [0.15, 0.2) is 0 Å². The van der Waals surface area contributed by atoms with Crippen molar-refractivity contribution in [2.75, 3.05) is 85.6 Å². The van der Waals surface area contributed by atoms with Crippen molar-refractivity contribution < 1.29 is 19.2 Å². The molecule has 0 atom stereocenters. The third-order valence-corrected chi connectivity index (χ3v) is 11.6. The summed E-state index contributed by atoms with van der Waals surface area (Å²) in [5.74, 6) is 4.55. The van der Waals surface area contributed by atoms with Crippen LogP contribution in [0.25, 0.3) is 0 Å². The Hall–Kier alpha value is -0.162. The molecule has 4 N–H and O–H groups in total. The van der Waals surface area contributed by atoms with Crippen LogP contribution in [0.3, 0.4) is 0 Å². The van der Waals surface area contributed by atoms with Gasteiger partial charge in [-0.1, -0.05) is 0 Å². The monoisotopic (exact) mass is 888 g/mol. The summed E-state index contributed by atoms with van der Waals surface area (Å²) >= 11 is 4.59. The fourth-order valence-electron chi connectivity index (χ4n) is 3.98. The van der Waals surface area contributed by atoms with Crippen LogP contribution >= 0.6 is 0 Å². The number of amides is 4. The van der Waals surface area contributed by atoms with Crippen molar-refractivity contribution in [3.05, 3.63) is 0 Å². The van der Waals surface area contributed by atoms with Gasteiger partial charge >= 0.3 is 296 Å². The first-order valence-corrected chi connectivity index (χ1v) is 25.1. The molecular formula is C29H58N7O4Se4. The molecule has 0 unspecified atom stereocenters. The number of nitrogens with one attached hydrogen (secondary N) is 4. The first kappa shape index (κ1) is 43.8. The van der Waals surface area contributed by atoms with E-state index in [0.717, 1.165) is 67.1 Å². The van der Waals surface area contributed by atoms with E-state index in [4.69, 9.17) is 0 Å². The van der Waals surface area contributed by atoms with Crippen LogP contribution in [0.2, 0.25) is 38.2 Å². The Kier molecular flexibility index (Phi) is 31.3. The average molecular weight is 885 g/mol. The second-order valence-corrected chi connectivity index (χ2v) is 18.2. The van der Waals surface area contributed by atoms with Gasteiger partial charge in [-0.15, -0.1) is 0 Å². The van der Waals surface area contributed by atoms with Crippen molar-refractivity contribution in [3.63, 3.8) is 0 Å². The van der Waals surface area contributed by atoms with Crippen LogP contribution in [0.5, 0.6) is 0 Å². The van der Waals surface area contributed by atoms with Crippen LogP contribution in [0.1, 0.15) is 32.6 Å².